The molecule has 258 valence electrons. The fraction of sp³-hybridized carbons (Fsp3) is 0. The first-order valence-electron chi connectivity index (χ1n) is 17.6. The molecule has 8 nitrogen and oxygen atoms in total. The smallest absolute Gasteiger partial charge is 0.268 e. The molecule has 8 aromatic rings. The van der Waals surface area contributed by atoms with E-state index in [9.17, 15) is 30.6 Å². The van der Waals surface area contributed by atoms with Gasteiger partial charge in [0.05, 0.1) is 80.1 Å². The molecule has 0 radical (unpaired) electrons. The number of anilines is 1. The standard InChI is InChI=1S/C48H24N6O2/c49-25-29-19-21-34(32(23-29)27-51)37-12-6-14-39-40-15-7-13-38(35-22-20-30(26-50)24-33(35)28-52)46(40)53(45(37)39)43-18-8-16-41-44(43)48(56)54(47(41)55)42-17-5-4-11-36(42)31-9-2-1-3-10-31/h1-24H. The third-order valence-electron chi connectivity index (χ3n) is 10.3. The Hall–Kier alpha value is -8.56. The molecule has 1 aliphatic heterocycles. The van der Waals surface area contributed by atoms with Crippen LogP contribution in [0.4, 0.5) is 5.69 Å². The van der Waals surface area contributed by atoms with Gasteiger partial charge in [0.15, 0.2) is 0 Å². The Labute approximate surface area is 320 Å². The first-order valence-corrected chi connectivity index (χ1v) is 17.6. The van der Waals surface area contributed by atoms with Gasteiger partial charge < -0.3 is 4.57 Å². The minimum Gasteiger partial charge on any atom is -0.307 e. The summed E-state index contributed by atoms with van der Waals surface area (Å²) in [6, 6.07) is 52.2. The third-order valence-corrected chi connectivity index (χ3v) is 10.3. The molecule has 2 amide bonds. The Kier molecular flexibility index (Phi) is 7.81. The van der Waals surface area contributed by atoms with E-state index in [0.29, 0.717) is 66.9 Å². The number of amides is 2. The van der Waals surface area contributed by atoms with Crippen LogP contribution in [0.2, 0.25) is 0 Å². The molecule has 8 heteroatoms. The number of carbonyl (C=O) groups excluding carboxylic acids is 2. The number of aromatic nitrogens is 1. The molecule has 56 heavy (non-hydrogen) atoms. The molecular weight excluding hydrogens is 693 g/mol. The lowest BCUT2D eigenvalue weighted by Crippen LogP contribution is -2.30. The number of fused-ring (bicyclic) bond motifs is 4. The van der Waals surface area contributed by atoms with Crippen molar-refractivity contribution in [1.29, 1.82) is 21.0 Å². The summed E-state index contributed by atoms with van der Waals surface area (Å²) < 4.78 is 1.95. The van der Waals surface area contributed by atoms with Crippen LogP contribution < -0.4 is 4.90 Å². The van der Waals surface area contributed by atoms with Crippen LogP contribution in [0.1, 0.15) is 43.0 Å². The first-order chi connectivity index (χ1) is 27.5. The summed E-state index contributed by atoms with van der Waals surface area (Å²) >= 11 is 0. The maximum Gasteiger partial charge on any atom is 0.268 e. The third kappa shape index (κ3) is 4.97. The maximum absolute atomic E-state index is 15.0. The van der Waals surface area contributed by atoms with E-state index in [-0.39, 0.29) is 11.1 Å². The number of imide groups is 1. The van der Waals surface area contributed by atoms with E-state index < -0.39 is 11.8 Å². The molecule has 9 rings (SSSR count). The number of nitriles is 4. The molecular formula is C48H24N6O2. The summed E-state index contributed by atoms with van der Waals surface area (Å²) in [6.07, 6.45) is 0. The Morgan fingerprint density at radius 3 is 1.48 bits per heavy atom. The molecule has 1 aliphatic rings. The fourth-order valence-electron chi connectivity index (χ4n) is 7.88. The lowest BCUT2D eigenvalue weighted by molar-refractivity contribution is 0.0926. The van der Waals surface area contributed by atoms with Crippen molar-refractivity contribution in [1.82, 2.24) is 4.57 Å². The zero-order valence-corrected chi connectivity index (χ0v) is 29.4. The predicted octanol–water partition coefficient (Wildman–Crippen LogP) is 10.1. The van der Waals surface area contributed by atoms with Crippen molar-refractivity contribution in [3.63, 3.8) is 0 Å². The lowest BCUT2D eigenvalue weighted by Gasteiger charge is -2.19. The van der Waals surface area contributed by atoms with Gasteiger partial charge in [0, 0.05) is 38.6 Å². The van der Waals surface area contributed by atoms with Gasteiger partial charge in [-0.1, -0.05) is 103 Å². The number of hydrogen-bond donors (Lipinski definition) is 0. The highest BCUT2D eigenvalue weighted by atomic mass is 16.2. The minimum absolute atomic E-state index is 0.199. The molecule has 1 aromatic heterocycles. The summed E-state index contributed by atoms with van der Waals surface area (Å²) in [4.78, 5) is 30.7. The van der Waals surface area contributed by atoms with Crippen molar-refractivity contribution in [2.45, 2.75) is 0 Å². The Morgan fingerprint density at radius 1 is 0.411 bits per heavy atom. The summed E-state index contributed by atoms with van der Waals surface area (Å²) in [6.45, 7) is 0. The SMILES string of the molecule is N#Cc1ccc(-c2cccc3c4cccc(-c5ccc(C#N)cc5C#N)c4n(-c4cccc5c4C(=O)N(c4ccccc4-c4ccccc4)C5=O)c23)c(C#N)c1. The van der Waals surface area contributed by atoms with Crippen molar-refractivity contribution in [2.75, 3.05) is 4.90 Å². The highest BCUT2D eigenvalue weighted by Crippen LogP contribution is 2.45. The zero-order valence-electron chi connectivity index (χ0n) is 29.4. The second-order valence-corrected chi connectivity index (χ2v) is 13.2. The van der Waals surface area contributed by atoms with E-state index >= 15 is 0 Å². The van der Waals surface area contributed by atoms with E-state index in [4.69, 9.17) is 0 Å². The van der Waals surface area contributed by atoms with Gasteiger partial charge in [-0.15, -0.1) is 0 Å². The van der Waals surface area contributed by atoms with Crippen molar-refractivity contribution >= 4 is 39.3 Å². The van der Waals surface area contributed by atoms with Crippen molar-refractivity contribution in [3.8, 4) is 63.3 Å². The van der Waals surface area contributed by atoms with Crippen LogP contribution in [0.3, 0.4) is 0 Å². The summed E-state index contributed by atoms with van der Waals surface area (Å²) in [5.74, 6) is -0.963. The van der Waals surface area contributed by atoms with E-state index in [0.717, 1.165) is 21.9 Å². The predicted molar refractivity (Wildman–Crippen MR) is 214 cm³/mol. The van der Waals surface area contributed by atoms with Crippen LogP contribution >= 0.6 is 0 Å². The molecule has 2 heterocycles. The van der Waals surface area contributed by atoms with Gasteiger partial charge in [0.2, 0.25) is 0 Å². The van der Waals surface area contributed by atoms with Crippen LogP contribution in [0.15, 0.2) is 146 Å². The van der Waals surface area contributed by atoms with Gasteiger partial charge in [-0.25, -0.2) is 4.90 Å². The Balaban J connectivity index is 1.39. The zero-order chi connectivity index (χ0) is 38.5. The van der Waals surface area contributed by atoms with Crippen molar-refractivity contribution < 1.29 is 9.59 Å². The maximum atomic E-state index is 15.0. The highest BCUT2D eigenvalue weighted by molar-refractivity contribution is 6.36. The molecule has 0 atom stereocenters. The van der Waals surface area contributed by atoms with Gasteiger partial charge in [0.25, 0.3) is 11.8 Å². The van der Waals surface area contributed by atoms with Crippen LogP contribution in [0.25, 0.3) is 60.9 Å². The normalized spacial score (nSPS) is 11.9. The van der Waals surface area contributed by atoms with Crippen LogP contribution in [-0.2, 0) is 0 Å². The van der Waals surface area contributed by atoms with Gasteiger partial charge in [0.1, 0.15) is 0 Å². The summed E-state index contributed by atoms with van der Waals surface area (Å²) in [5, 5.41) is 41.5. The number of nitrogens with zero attached hydrogens (tertiary/aromatic N) is 6. The molecule has 0 spiro atoms. The largest absolute Gasteiger partial charge is 0.307 e. The van der Waals surface area contributed by atoms with Gasteiger partial charge in [-0.2, -0.15) is 21.0 Å². The molecule has 0 unspecified atom stereocenters. The van der Waals surface area contributed by atoms with Crippen LogP contribution in [0, 0.1) is 45.3 Å². The number of hydrogen-bond acceptors (Lipinski definition) is 6. The molecule has 0 fully saturated rings. The molecule has 0 aliphatic carbocycles. The number of para-hydroxylation sites is 3. The average Bonchev–Trinajstić information content (AvgIpc) is 3.74. The van der Waals surface area contributed by atoms with Gasteiger partial charge >= 0.3 is 0 Å². The quantitative estimate of drug-likeness (QED) is 0.163. The Morgan fingerprint density at radius 2 is 0.911 bits per heavy atom. The second kappa shape index (κ2) is 13.1. The van der Waals surface area contributed by atoms with Crippen molar-refractivity contribution in [3.05, 3.63) is 179 Å². The summed E-state index contributed by atoms with van der Waals surface area (Å²) in [7, 11) is 0. The van der Waals surface area contributed by atoms with Crippen molar-refractivity contribution in [2.24, 2.45) is 0 Å². The average molecular weight is 717 g/mol. The van der Waals surface area contributed by atoms with Gasteiger partial charge in [-0.3, -0.25) is 9.59 Å². The lowest BCUT2D eigenvalue weighted by atomic mass is 9.95. The second-order valence-electron chi connectivity index (χ2n) is 13.2. The van der Waals surface area contributed by atoms with E-state index in [1.165, 1.54) is 4.90 Å². The fourth-order valence-corrected chi connectivity index (χ4v) is 7.88. The summed E-state index contributed by atoms with van der Waals surface area (Å²) in [5.41, 5.74) is 7.92. The monoisotopic (exact) mass is 716 g/mol. The molecule has 0 saturated carbocycles. The number of benzene rings is 7. The van der Waals surface area contributed by atoms with E-state index in [2.05, 4.69) is 24.3 Å². The minimum atomic E-state index is -0.499. The Bertz CT molecular complexity index is 3050. The highest BCUT2D eigenvalue weighted by Gasteiger charge is 2.40. The van der Waals surface area contributed by atoms with E-state index in [1.54, 1.807) is 66.7 Å². The topological polar surface area (TPSA) is 137 Å². The number of rotatable bonds is 5. The molecule has 7 aromatic carbocycles. The number of carbonyl (C=O) groups is 2. The van der Waals surface area contributed by atoms with E-state index in [1.807, 2.05) is 83.4 Å². The molecule has 0 bridgehead atoms. The first kappa shape index (κ1) is 33.3. The molecule has 0 N–H and O–H groups in total. The van der Waals surface area contributed by atoms with Crippen LogP contribution in [-0.4, -0.2) is 16.4 Å². The van der Waals surface area contributed by atoms with Crippen LogP contribution in [0.5, 0.6) is 0 Å². The van der Waals surface area contributed by atoms with Gasteiger partial charge in [-0.05, 0) is 48.0 Å². The molecule has 0 saturated heterocycles.